The summed E-state index contributed by atoms with van der Waals surface area (Å²) in [6.45, 7) is 14.6. The molecule has 0 N–H and O–H groups in total. The van der Waals surface area contributed by atoms with E-state index in [1.165, 1.54) is 23.0 Å². The number of aromatic nitrogens is 5. The molecule has 1 fully saturated rings. The van der Waals surface area contributed by atoms with Crippen LogP contribution in [-0.4, -0.2) is 61.0 Å². The average molecular weight is 600 g/mol. The molecular weight excluding hydrogens is 562 g/mol. The third-order valence-corrected chi connectivity index (χ3v) is 8.04. The molecule has 0 aliphatic carbocycles. The maximum atomic E-state index is 14.3. The number of halogens is 1. The topological polar surface area (TPSA) is 97.1 Å². The van der Waals surface area contributed by atoms with Gasteiger partial charge in [-0.15, -0.1) is 0 Å². The Morgan fingerprint density at radius 1 is 1.12 bits per heavy atom. The lowest BCUT2D eigenvalue weighted by atomic mass is 10.0. The van der Waals surface area contributed by atoms with Gasteiger partial charge in [0.15, 0.2) is 5.65 Å². The molecule has 1 atom stereocenters. The standard InChI is InChI=1S/C33H36ClN7O2/c1-8-22-12-10-11-13-23(22)29-25(34)16-24-31(40-15-14-39(17-21(40)7)26(42)9-2)38-33(43)41(32(24)37-29)30-27(19(3)4)35-18-36-28(30)20(5)6/h8-13,16,18-21H,1-2,14-15,17H2,3-7H3/t21-/m0/s1/i1D2. The number of anilines is 1. The van der Waals surface area contributed by atoms with Crippen molar-refractivity contribution in [3.05, 3.63) is 88.3 Å². The molecule has 1 aliphatic heterocycles. The summed E-state index contributed by atoms with van der Waals surface area (Å²) >= 11 is 6.98. The summed E-state index contributed by atoms with van der Waals surface area (Å²) in [5.41, 5.74) is 3.31. The fourth-order valence-corrected chi connectivity index (χ4v) is 5.89. The van der Waals surface area contributed by atoms with E-state index in [1.807, 2.05) is 57.7 Å². The highest BCUT2D eigenvalue weighted by Gasteiger charge is 2.31. The second-order valence-electron chi connectivity index (χ2n) is 11.3. The summed E-state index contributed by atoms with van der Waals surface area (Å²) < 4.78 is 17.0. The van der Waals surface area contributed by atoms with Crippen molar-refractivity contribution in [2.75, 3.05) is 24.5 Å². The molecule has 5 rings (SSSR count). The van der Waals surface area contributed by atoms with E-state index in [2.05, 4.69) is 21.5 Å². The van der Waals surface area contributed by atoms with Crippen LogP contribution in [0.1, 0.15) is 66.1 Å². The first-order valence-electron chi connectivity index (χ1n) is 15.3. The predicted molar refractivity (Wildman–Crippen MR) is 173 cm³/mol. The van der Waals surface area contributed by atoms with Gasteiger partial charge in [0, 0.05) is 31.2 Å². The normalized spacial score (nSPS) is 16.0. The Hall–Kier alpha value is -4.37. The Morgan fingerprint density at radius 3 is 2.44 bits per heavy atom. The van der Waals surface area contributed by atoms with Crippen LogP contribution in [0.2, 0.25) is 5.02 Å². The molecule has 0 radical (unpaired) electrons. The molecule has 4 aromatic rings. The molecule has 1 amide bonds. The van der Waals surface area contributed by atoms with E-state index in [-0.39, 0.29) is 30.3 Å². The largest absolute Gasteiger partial charge is 0.355 e. The Morgan fingerprint density at radius 2 is 1.81 bits per heavy atom. The second kappa shape index (κ2) is 12.1. The van der Waals surface area contributed by atoms with E-state index in [1.54, 1.807) is 17.0 Å². The van der Waals surface area contributed by atoms with Crippen LogP contribution >= 0.6 is 11.6 Å². The summed E-state index contributed by atoms with van der Waals surface area (Å²) in [7, 11) is 0. The van der Waals surface area contributed by atoms with Gasteiger partial charge in [-0.1, -0.05) is 82.7 Å². The van der Waals surface area contributed by atoms with Crippen LogP contribution in [0.15, 0.2) is 60.6 Å². The number of hydrogen-bond donors (Lipinski definition) is 0. The van der Waals surface area contributed by atoms with Crippen LogP contribution in [0.5, 0.6) is 0 Å². The fraction of sp³-hybridized carbons (Fsp3) is 0.333. The second-order valence-corrected chi connectivity index (χ2v) is 11.7. The van der Waals surface area contributed by atoms with Crippen molar-refractivity contribution in [1.29, 1.82) is 0 Å². The molecular formula is C33H36ClN7O2. The summed E-state index contributed by atoms with van der Waals surface area (Å²) in [6.07, 6.45) is 4.25. The van der Waals surface area contributed by atoms with Gasteiger partial charge in [0.25, 0.3) is 0 Å². The van der Waals surface area contributed by atoms with Crippen molar-refractivity contribution in [1.82, 2.24) is 29.4 Å². The number of amides is 1. The van der Waals surface area contributed by atoms with Crippen molar-refractivity contribution >= 4 is 40.4 Å². The highest BCUT2D eigenvalue weighted by atomic mass is 35.5. The van der Waals surface area contributed by atoms with Crippen molar-refractivity contribution in [2.24, 2.45) is 0 Å². The quantitative estimate of drug-likeness (QED) is 0.240. The summed E-state index contributed by atoms with van der Waals surface area (Å²) in [5.74, 6) is 0.199. The molecule has 0 saturated carbocycles. The molecule has 1 saturated heterocycles. The number of hydrogen-bond acceptors (Lipinski definition) is 7. The molecule has 1 aliphatic rings. The van der Waals surface area contributed by atoms with E-state index in [0.717, 1.165) is 0 Å². The van der Waals surface area contributed by atoms with Gasteiger partial charge in [-0.2, -0.15) is 4.98 Å². The number of piperazine rings is 1. The fourth-order valence-electron chi connectivity index (χ4n) is 5.64. The molecule has 43 heavy (non-hydrogen) atoms. The molecule has 10 heteroatoms. The maximum absolute atomic E-state index is 14.3. The minimum atomic E-state index is -0.540. The zero-order valence-corrected chi connectivity index (χ0v) is 25.8. The van der Waals surface area contributed by atoms with Crippen molar-refractivity contribution < 1.29 is 7.54 Å². The van der Waals surface area contributed by atoms with E-state index >= 15 is 0 Å². The van der Waals surface area contributed by atoms with Crippen LogP contribution in [0.25, 0.3) is 34.1 Å². The molecule has 3 aromatic heterocycles. The lowest BCUT2D eigenvalue weighted by Crippen LogP contribution is -2.54. The third kappa shape index (κ3) is 5.45. The summed E-state index contributed by atoms with van der Waals surface area (Å²) in [5, 5.41) is 0.875. The summed E-state index contributed by atoms with van der Waals surface area (Å²) in [6, 6.07) is 8.86. The lowest BCUT2D eigenvalue weighted by molar-refractivity contribution is -0.126. The Balaban J connectivity index is 1.86. The minimum absolute atomic E-state index is 0.0391. The van der Waals surface area contributed by atoms with Gasteiger partial charge in [0.2, 0.25) is 5.91 Å². The zero-order valence-electron chi connectivity index (χ0n) is 27.0. The van der Waals surface area contributed by atoms with Crippen molar-refractivity contribution in [2.45, 2.75) is 52.5 Å². The number of pyridine rings is 1. The van der Waals surface area contributed by atoms with Gasteiger partial charge in [-0.3, -0.25) is 4.79 Å². The number of benzene rings is 1. The molecule has 4 heterocycles. The number of rotatable bonds is 7. The van der Waals surface area contributed by atoms with Crippen molar-refractivity contribution in [3.63, 3.8) is 0 Å². The van der Waals surface area contributed by atoms with Gasteiger partial charge in [-0.25, -0.2) is 24.3 Å². The van der Waals surface area contributed by atoms with Gasteiger partial charge < -0.3 is 9.80 Å². The average Bonchev–Trinajstić information content (AvgIpc) is 3.00. The Labute approximate surface area is 259 Å². The van der Waals surface area contributed by atoms with Gasteiger partial charge in [-0.05, 0) is 36.5 Å². The monoisotopic (exact) mass is 599 g/mol. The molecule has 1 aromatic carbocycles. The summed E-state index contributed by atoms with van der Waals surface area (Å²) in [4.78, 5) is 49.3. The van der Waals surface area contributed by atoms with E-state index in [4.69, 9.17) is 19.3 Å². The first-order chi connectivity index (χ1) is 21.4. The lowest BCUT2D eigenvalue weighted by Gasteiger charge is -2.40. The SMILES string of the molecule is [2H]C([2H])=Cc1ccccc1-c1nc2c(cc1Cl)c(N1CCN(C(=O)C=C)C[C@@H]1C)nc(=O)n2-c1c(C(C)C)ncnc1C(C)C. The molecule has 0 unspecified atom stereocenters. The Kier molecular flexibility index (Phi) is 7.72. The zero-order chi connectivity index (χ0) is 32.6. The minimum Gasteiger partial charge on any atom is -0.350 e. The van der Waals surface area contributed by atoms with Crippen LogP contribution in [0.3, 0.4) is 0 Å². The number of carbonyl (C=O) groups is 1. The van der Waals surface area contributed by atoms with Gasteiger partial charge >= 0.3 is 5.69 Å². The molecule has 0 bridgehead atoms. The van der Waals surface area contributed by atoms with Crippen LogP contribution in [0, 0.1) is 0 Å². The Bertz CT molecular complexity index is 1860. The molecule has 222 valence electrons. The third-order valence-electron chi connectivity index (χ3n) is 7.75. The van der Waals surface area contributed by atoms with Crippen molar-refractivity contribution in [3.8, 4) is 16.9 Å². The first-order valence-corrected chi connectivity index (χ1v) is 14.7. The molecule has 0 spiro atoms. The van der Waals surface area contributed by atoms with Crippen LogP contribution in [0.4, 0.5) is 5.82 Å². The van der Waals surface area contributed by atoms with E-state index in [9.17, 15) is 9.59 Å². The maximum Gasteiger partial charge on any atom is 0.355 e. The highest BCUT2D eigenvalue weighted by molar-refractivity contribution is 6.34. The number of fused-ring (bicyclic) bond motifs is 1. The van der Waals surface area contributed by atoms with Gasteiger partial charge in [0.05, 0.1) is 35.9 Å². The highest BCUT2D eigenvalue weighted by Crippen LogP contribution is 2.37. The van der Waals surface area contributed by atoms with Crippen LogP contribution < -0.4 is 10.6 Å². The number of nitrogens with zero attached hydrogens (tertiary/aromatic N) is 7. The van der Waals surface area contributed by atoms with Crippen LogP contribution in [-0.2, 0) is 4.79 Å². The molecule has 9 nitrogen and oxygen atoms in total. The van der Waals surface area contributed by atoms with Gasteiger partial charge in [0.1, 0.15) is 12.1 Å². The number of carbonyl (C=O) groups excluding carboxylic acids is 1. The predicted octanol–water partition coefficient (Wildman–Crippen LogP) is 6.00. The smallest absolute Gasteiger partial charge is 0.350 e. The first kappa shape index (κ1) is 27.5. The van der Waals surface area contributed by atoms with E-state index < -0.39 is 5.69 Å². The van der Waals surface area contributed by atoms with E-state index in [0.29, 0.717) is 75.4 Å².